The summed E-state index contributed by atoms with van der Waals surface area (Å²) in [5.41, 5.74) is 0. The molecule has 0 bridgehead atoms. The van der Waals surface area contributed by atoms with Gasteiger partial charge in [0, 0.05) is 26.2 Å². The number of likely N-dealkylation sites (tertiary alicyclic amines) is 1. The zero-order chi connectivity index (χ0) is 13.7. The zero-order valence-corrected chi connectivity index (χ0v) is 11.2. The Bertz CT molecular complexity index is 300. The maximum atomic E-state index is 11.9. The lowest BCUT2D eigenvalue weighted by molar-refractivity contribution is -0.141. The van der Waals surface area contributed by atoms with Gasteiger partial charge in [0.15, 0.2) is 0 Å². The molecule has 2 unspecified atom stereocenters. The molecule has 0 aromatic heterocycles. The number of urea groups is 1. The predicted molar refractivity (Wildman–Crippen MR) is 66.4 cm³/mol. The van der Waals surface area contributed by atoms with Crippen LogP contribution in [0.15, 0.2) is 0 Å². The van der Waals surface area contributed by atoms with Crippen LogP contribution in [0, 0.1) is 5.92 Å². The summed E-state index contributed by atoms with van der Waals surface area (Å²) in [5, 5.41) is 11.6. The number of methoxy groups -OCH3 is 1. The lowest BCUT2D eigenvalue weighted by Crippen LogP contribution is -2.50. The SMILES string of the molecule is COC1CCN(C(=O)NC(C)C(C)C(=O)O)CC1. The van der Waals surface area contributed by atoms with Gasteiger partial charge in [0.1, 0.15) is 0 Å². The van der Waals surface area contributed by atoms with Crippen LogP contribution in [0.1, 0.15) is 26.7 Å². The first-order valence-corrected chi connectivity index (χ1v) is 6.26. The molecule has 0 aromatic rings. The normalized spacial score (nSPS) is 20.3. The van der Waals surface area contributed by atoms with Gasteiger partial charge in [-0.25, -0.2) is 4.79 Å². The second kappa shape index (κ2) is 6.58. The highest BCUT2D eigenvalue weighted by atomic mass is 16.5. The van der Waals surface area contributed by atoms with Crippen LogP contribution < -0.4 is 5.32 Å². The fourth-order valence-electron chi connectivity index (χ4n) is 1.92. The summed E-state index contributed by atoms with van der Waals surface area (Å²) in [6.45, 7) is 4.60. The van der Waals surface area contributed by atoms with E-state index < -0.39 is 11.9 Å². The molecule has 1 aliphatic rings. The molecule has 18 heavy (non-hydrogen) atoms. The van der Waals surface area contributed by atoms with E-state index in [1.807, 2.05) is 0 Å². The number of rotatable bonds is 4. The molecule has 0 spiro atoms. The van der Waals surface area contributed by atoms with Gasteiger partial charge in [-0.1, -0.05) is 0 Å². The summed E-state index contributed by atoms with van der Waals surface area (Å²) in [6.07, 6.45) is 1.88. The molecule has 6 nitrogen and oxygen atoms in total. The van der Waals surface area contributed by atoms with Crippen molar-refractivity contribution in [2.45, 2.75) is 38.8 Å². The van der Waals surface area contributed by atoms with Gasteiger partial charge in [-0.3, -0.25) is 4.79 Å². The number of amides is 2. The maximum Gasteiger partial charge on any atom is 0.317 e. The van der Waals surface area contributed by atoms with Gasteiger partial charge in [0.2, 0.25) is 0 Å². The molecule has 1 aliphatic heterocycles. The van der Waals surface area contributed by atoms with Crippen molar-refractivity contribution in [2.75, 3.05) is 20.2 Å². The van der Waals surface area contributed by atoms with E-state index in [9.17, 15) is 9.59 Å². The van der Waals surface area contributed by atoms with Crippen LogP contribution in [0.5, 0.6) is 0 Å². The average Bonchev–Trinajstić information content (AvgIpc) is 2.37. The molecule has 0 saturated carbocycles. The highest BCUT2D eigenvalue weighted by Gasteiger charge is 2.26. The van der Waals surface area contributed by atoms with Gasteiger partial charge in [-0.15, -0.1) is 0 Å². The molecule has 2 N–H and O–H groups in total. The quantitative estimate of drug-likeness (QED) is 0.785. The fraction of sp³-hybridized carbons (Fsp3) is 0.833. The topological polar surface area (TPSA) is 78.9 Å². The number of hydrogen-bond donors (Lipinski definition) is 2. The third-order valence-corrected chi connectivity index (χ3v) is 3.55. The average molecular weight is 258 g/mol. The fourth-order valence-corrected chi connectivity index (χ4v) is 1.92. The monoisotopic (exact) mass is 258 g/mol. The molecule has 6 heteroatoms. The Morgan fingerprint density at radius 2 is 1.89 bits per heavy atom. The van der Waals surface area contributed by atoms with Gasteiger partial charge in [-0.05, 0) is 26.7 Å². The molecule has 2 amide bonds. The van der Waals surface area contributed by atoms with Crippen LogP contribution in [-0.2, 0) is 9.53 Å². The van der Waals surface area contributed by atoms with Gasteiger partial charge >= 0.3 is 12.0 Å². The second-order valence-corrected chi connectivity index (χ2v) is 4.79. The molecule has 0 radical (unpaired) electrons. The van der Waals surface area contributed by atoms with Crippen LogP contribution in [0.3, 0.4) is 0 Å². The summed E-state index contributed by atoms with van der Waals surface area (Å²) >= 11 is 0. The molecule has 1 saturated heterocycles. The van der Waals surface area contributed by atoms with Gasteiger partial charge in [0.05, 0.1) is 12.0 Å². The first kappa shape index (κ1) is 14.8. The number of aliphatic carboxylic acids is 1. The Morgan fingerprint density at radius 1 is 1.33 bits per heavy atom. The first-order valence-electron chi connectivity index (χ1n) is 6.26. The van der Waals surface area contributed by atoms with Crippen molar-refractivity contribution in [1.29, 1.82) is 0 Å². The van der Waals surface area contributed by atoms with Gasteiger partial charge in [-0.2, -0.15) is 0 Å². The number of piperidine rings is 1. The van der Waals surface area contributed by atoms with E-state index in [4.69, 9.17) is 9.84 Å². The Labute approximate surface area is 107 Å². The number of nitrogens with one attached hydrogen (secondary N) is 1. The van der Waals surface area contributed by atoms with Crippen molar-refractivity contribution in [3.63, 3.8) is 0 Å². The Kier molecular flexibility index (Phi) is 5.40. The summed E-state index contributed by atoms with van der Waals surface area (Å²) < 4.78 is 5.23. The van der Waals surface area contributed by atoms with E-state index in [0.29, 0.717) is 13.1 Å². The zero-order valence-electron chi connectivity index (χ0n) is 11.2. The molecule has 1 heterocycles. The third kappa shape index (κ3) is 3.87. The number of ether oxygens (including phenoxy) is 1. The number of hydrogen-bond acceptors (Lipinski definition) is 3. The van der Waals surface area contributed by atoms with Gasteiger partial charge < -0.3 is 20.1 Å². The molecule has 1 fully saturated rings. The largest absolute Gasteiger partial charge is 0.481 e. The molecular formula is C12H22N2O4. The number of nitrogens with zero attached hydrogens (tertiary/aromatic N) is 1. The van der Waals surface area contributed by atoms with Crippen molar-refractivity contribution >= 4 is 12.0 Å². The van der Waals surface area contributed by atoms with Crippen LogP contribution in [0.25, 0.3) is 0 Å². The van der Waals surface area contributed by atoms with E-state index in [0.717, 1.165) is 12.8 Å². The van der Waals surface area contributed by atoms with Crippen molar-refractivity contribution in [2.24, 2.45) is 5.92 Å². The predicted octanol–water partition coefficient (Wildman–Crippen LogP) is 0.916. The third-order valence-electron chi connectivity index (χ3n) is 3.55. The molecular weight excluding hydrogens is 236 g/mol. The number of carbonyl (C=O) groups is 2. The Balaban J connectivity index is 2.39. The second-order valence-electron chi connectivity index (χ2n) is 4.79. The van der Waals surface area contributed by atoms with Crippen LogP contribution in [0.4, 0.5) is 4.79 Å². The lowest BCUT2D eigenvalue weighted by Gasteiger charge is -2.32. The van der Waals surface area contributed by atoms with Crippen molar-refractivity contribution in [3.05, 3.63) is 0 Å². The number of carbonyl (C=O) groups excluding carboxylic acids is 1. The molecule has 2 atom stereocenters. The minimum absolute atomic E-state index is 0.190. The molecule has 0 aromatic carbocycles. The lowest BCUT2D eigenvalue weighted by atomic mass is 10.0. The minimum atomic E-state index is -0.902. The maximum absolute atomic E-state index is 11.9. The van der Waals surface area contributed by atoms with Crippen LogP contribution >= 0.6 is 0 Å². The van der Waals surface area contributed by atoms with E-state index in [1.54, 1.807) is 25.9 Å². The van der Waals surface area contributed by atoms with E-state index in [2.05, 4.69) is 5.32 Å². The van der Waals surface area contributed by atoms with E-state index in [-0.39, 0.29) is 18.2 Å². The highest BCUT2D eigenvalue weighted by molar-refractivity contribution is 5.76. The summed E-state index contributed by atoms with van der Waals surface area (Å²) in [5.74, 6) is -1.49. The van der Waals surface area contributed by atoms with Gasteiger partial charge in [0.25, 0.3) is 0 Å². The molecule has 104 valence electrons. The van der Waals surface area contributed by atoms with Crippen molar-refractivity contribution in [1.82, 2.24) is 10.2 Å². The first-order chi connectivity index (χ1) is 8.45. The highest BCUT2D eigenvalue weighted by Crippen LogP contribution is 2.13. The summed E-state index contributed by atoms with van der Waals surface area (Å²) in [6, 6.07) is -0.569. The Morgan fingerprint density at radius 3 is 2.33 bits per heavy atom. The molecule has 1 rings (SSSR count). The standard InChI is InChI=1S/C12H22N2O4/c1-8(11(15)16)9(2)13-12(17)14-6-4-10(18-3)5-7-14/h8-10H,4-7H2,1-3H3,(H,13,17)(H,15,16). The summed E-state index contributed by atoms with van der Waals surface area (Å²) in [7, 11) is 1.68. The Hall–Kier alpha value is -1.30. The number of carboxylic acid groups (broad SMARTS) is 1. The van der Waals surface area contributed by atoms with Crippen molar-refractivity contribution in [3.8, 4) is 0 Å². The summed E-state index contributed by atoms with van der Waals surface area (Å²) in [4.78, 5) is 24.4. The van der Waals surface area contributed by atoms with E-state index >= 15 is 0 Å². The smallest absolute Gasteiger partial charge is 0.317 e. The van der Waals surface area contributed by atoms with Crippen molar-refractivity contribution < 1.29 is 19.4 Å². The minimum Gasteiger partial charge on any atom is -0.481 e. The van der Waals surface area contributed by atoms with E-state index in [1.165, 1.54) is 0 Å². The van der Waals surface area contributed by atoms with Crippen LogP contribution in [0.2, 0.25) is 0 Å². The molecule has 0 aliphatic carbocycles. The number of carboxylic acids is 1. The van der Waals surface area contributed by atoms with Crippen LogP contribution in [-0.4, -0.2) is 54.4 Å².